The van der Waals surface area contributed by atoms with Crippen LogP contribution in [-0.2, 0) is 0 Å². The average Bonchev–Trinajstić information content (AvgIpc) is 2.42. The lowest BCUT2D eigenvalue weighted by molar-refractivity contribution is 0.545. The van der Waals surface area contributed by atoms with E-state index in [-0.39, 0.29) is 0 Å². The summed E-state index contributed by atoms with van der Waals surface area (Å²) in [5.74, 6) is 2.44. The molecule has 1 N–H and O–H groups in total. The molecule has 1 heterocycles. The van der Waals surface area contributed by atoms with Crippen molar-refractivity contribution in [1.29, 1.82) is 0 Å². The van der Waals surface area contributed by atoms with Crippen molar-refractivity contribution in [2.45, 2.75) is 40.5 Å². The Labute approximate surface area is 111 Å². The summed E-state index contributed by atoms with van der Waals surface area (Å²) in [6.07, 6.45) is 4.11. The zero-order chi connectivity index (χ0) is 13.4. The highest BCUT2D eigenvalue weighted by Gasteiger charge is 2.10. The Morgan fingerprint density at radius 2 is 2.11 bits per heavy atom. The van der Waals surface area contributed by atoms with Crippen molar-refractivity contribution in [1.82, 2.24) is 9.97 Å². The Morgan fingerprint density at radius 3 is 2.72 bits per heavy atom. The molecule has 102 valence electrons. The first-order valence-corrected chi connectivity index (χ1v) is 7.03. The minimum absolute atomic E-state index is 0.687. The lowest BCUT2D eigenvalue weighted by Crippen LogP contribution is -2.29. The number of hydrogen-bond donors (Lipinski definition) is 1. The molecule has 0 radical (unpaired) electrons. The Morgan fingerprint density at radius 1 is 1.33 bits per heavy atom. The SMILES string of the molecule is CCCNc1nccc(N(CC)CC(C)CC)n1. The first kappa shape index (κ1) is 14.7. The molecule has 4 nitrogen and oxygen atoms in total. The Hall–Kier alpha value is -1.32. The van der Waals surface area contributed by atoms with Crippen LogP contribution in [-0.4, -0.2) is 29.6 Å². The molecule has 0 aliphatic rings. The summed E-state index contributed by atoms with van der Waals surface area (Å²) in [5.41, 5.74) is 0. The monoisotopic (exact) mass is 250 g/mol. The number of nitrogens with one attached hydrogen (secondary N) is 1. The lowest BCUT2D eigenvalue weighted by Gasteiger charge is -2.25. The Kier molecular flexibility index (Phi) is 6.47. The summed E-state index contributed by atoms with van der Waals surface area (Å²) in [4.78, 5) is 11.1. The maximum atomic E-state index is 4.57. The van der Waals surface area contributed by atoms with E-state index in [4.69, 9.17) is 0 Å². The van der Waals surface area contributed by atoms with Gasteiger partial charge < -0.3 is 10.2 Å². The number of rotatable bonds is 8. The summed E-state index contributed by atoms with van der Waals surface area (Å²) in [6, 6.07) is 1.99. The Bertz CT molecular complexity index is 340. The van der Waals surface area contributed by atoms with Gasteiger partial charge in [0.15, 0.2) is 0 Å². The second-order valence-corrected chi connectivity index (χ2v) is 4.72. The van der Waals surface area contributed by atoms with Gasteiger partial charge in [-0.25, -0.2) is 4.98 Å². The maximum Gasteiger partial charge on any atom is 0.224 e. The summed E-state index contributed by atoms with van der Waals surface area (Å²) in [6.45, 7) is 11.8. The van der Waals surface area contributed by atoms with Crippen molar-refractivity contribution < 1.29 is 0 Å². The predicted octanol–water partition coefficient (Wildman–Crippen LogP) is 3.17. The van der Waals surface area contributed by atoms with Crippen LogP contribution in [0.5, 0.6) is 0 Å². The molecule has 0 aliphatic carbocycles. The van der Waals surface area contributed by atoms with E-state index in [2.05, 4.69) is 47.9 Å². The second-order valence-electron chi connectivity index (χ2n) is 4.72. The van der Waals surface area contributed by atoms with Crippen LogP contribution in [0.2, 0.25) is 0 Å². The van der Waals surface area contributed by atoms with Crippen LogP contribution in [0.3, 0.4) is 0 Å². The van der Waals surface area contributed by atoms with Crippen LogP contribution < -0.4 is 10.2 Å². The average molecular weight is 250 g/mol. The maximum absolute atomic E-state index is 4.57. The molecule has 1 rings (SSSR count). The van der Waals surface area contributed by atoms with Gasteiger partial charge in [0.2, 0.25) is 5.95 Å². The first-order chi connectivity index (χ1) is 8.71. The number of anilines is 2. The fourth-order valence-electron chi connectivity index (χ4n) is 1.74. The largest absolute Gasteiger partial charge is 0.356 e. The topological polar surface area (TPSA) is 41.1 Å². The van der Waals surface area contributed by atoms with Crippen molar-refractivity contribution in [3.63, 3.8) is 0 Å². The van der Waals surface area contributed by atoms with Gasteiger partial charge in [-0.2, -0.15) is 4.98 Å². The van der Waals surface area contributed by atoms with Gasteiger partial charge in [0.05, 0.1) is 0 Å². The smallest absolute Gasteiger partial charge is 0.224 e. The zero-order valence-corrected chi connectivity index (χ0v) is 12.1. The van der Waals surface area contributed by atoms with E-state index in [0.29, 0.717) is 5.92 Å². The minimum atomic E-state index is 0.687. The minimum Gasteiger partial charge on any atom is -0.356 e. The van der Waals surface area contributed by atoms with Gasteiger partial charge in [-0.05, 0) is 25.3 Å². The number of hydrogen-bond acceptors (Lipinski definition) is 4. The van der Waals surface area contributed by atoms with Crippen LogP contribution in [0.4, 0.5) is 11.8 Å². The molecule has 0 saturated carbocycles. The highest BCUT2D eigenvalue weighted by atomic mass is 15.2. The molecule has 0 fully saturated rings. The molecule has 0 aliphatic heterocycles. The molecule has 0 aromatic carbocycles. The molecule has 1 unspecified atom stereocenters. The summed E-state index contributed by atoms with van der Waals surface area (Å²) in [5, 5.41) is 3.23. The molecule has 1 atom stereocenters. The Balaban J connectivity index is 2.72. The molecule has 1 aromatic heterocycles. The molecule has 0 bridgehead atoms. The van der Waals surface area contributed by atoms with Crippen molar-refractivity contribution in [2.24, 2.45) is 5.92 Å². The molecule has 1 aromatic rings. The summed E-state index contributed by atoms with van der Waals surface area (Å²) in [7, 11) is 0. The van der Waals surface area contributed by atoms with Gasteiger partial charge in [-0.1, -0.05) is 27.2 Å². The van der Waals surface area contributed by atoms with Gasteiger partial charge in [0.1, 0.15) is 5.82 Å². The lowest BCUT2D eigenvalue weighted by atomic mass is 10.1. The quantitative estimate of drug-likeness (QED) is 0.769. The molecule has 0 spiro atoms. The molecular weight excluding hydrogens is 224 g/mol. The number of aromatic nitrogens is 2. The van der Waals surface area contributed by atoms with Crippen LogP contribution >= 0.6 is 0 Å². The summed E-state index contributed by atoms with van der Waals surface area (Å²) >= 11 is 0. The normalized spacial score (nSPS) is 12.2. The molecule has 0 saturated heterocycles. The van der Waals surface area contributed by atoms with Gasteiger partial charge >= 0.3 is 0 Å². The molecule has 0 amide bonds. The fourth-order valence-corrected chi connectivity index (χ4v) is 1.74. The van der Waals surface area contributed by atoms with Crippen LogP contribution in [0.15, 0.2) is 12.3 Å². The second kappa shape index (κ2) is 7.90. The van der Waals surface area contributed by atoms with Crippen molar-refractivity contribution >= 4 is 11.8 Å². The van der Waals surface area contributed by atoms with E-state index in [1.165, 1.54) is 6.42 Å². The third-order valence-electron chi connectivity index (χ3n) is 3.11. The third kappa shape index (κ3) is 4.51. The van der Waals surface area contributed by atoms with Gasteiger partial charge in [0, 0.05) is 25.8 Å². The van der Waals surface area contributed by atoms with E-state index in [1.54, 1.807) is 0 Å². The molecule has 4 heteroatoms. The van der Waals surface area contributed by atoms with E-state index in [9.17, 15) is 0 Å². The van der Waals surface area contributed by atoms with E-state index < -0.39 is 0 Å². The van der Waals surface area contributed by atoms with Crippen LogP contribution in [0.1, 0.15) is 40.5 Å². The standard InChI is InChI=1S/C14H26N4/c1-5-9-15-14-16-10-8-13(17-14)18(7-3)11-12(4)6-2/h8,10,12H,5-7,9,11H2,1-4H3,(H,15,16,17). The number of nitrogens with zero attached hydrogens (tertiary/aromatic N) is 3. The third-order valence-corrected chi connectivity index (χ3v) is 3.11. The molecule has 18 heavy (non-hydrogen) atoms. The first-order valence-electron chi connectivity index (χ1n) is 7.03. The van der Waals surface area contributed by atoms with Crippen LogP contribution in [0, 0.1) is 5.92 Å². The zero-order valence-electron chi connectivity index (χ0n) is 12.1. The van der Waals surface area contributed by atoms with Crippen molar-refractivity contribution in [3.8, 4) is 0 Å². The molecular formula is C14H26N4. The van der Waals surface area contributed by atoms with E-state index in [1.807, 2.05) is 12.3 Å². The van der Waals surface area contributed by atoms with E-state index in [0.717, 1.165) is 37.8 Å². The van der Waals surface area contributed by atoms with E-state index >= 15 is 0 Å². The van der Waals surface area contributed by atoms with Crippen molar-refractivity contribution in [3.05, 3.63) is 12.3 Å². The highest BCUT2D eigenvalue weighted by Crippen LogP contribution is 2.15. The van der Waals surface area contributed by atoms with Gasteiger partial charge in [-0.15, -0.1) is 0 Å². The highest BCUT2D eigenvalue weighted by molar-refractivity contribution is 5.42. The van der Waals surface area contributed by atoms with Gasteiger partial charge in [0.25, 0.3) is 0 Å². The summed E-state index contributed by atoms with van der Waals surface area (Å²) < 4.78 is 0. The van der Waals surface area contributed by atoms with Gasteiger partial charge in [-0.3, -0.25) is 0 Å². The predicted molar refractivity (Wildman–Crippen MR) is 78.2 cm³/mol. The fraction of sp³-hybridized carbons (Fsp3) is 0.714. The van der Waals surface area contributed by atoms with Crippen molar-refractivity contribution in [2.75, 3.05) is 29.9 Å². The van der Waals surface area contributed by atoms with Crippen LogP contribution in [0.25, 0.3) is 0 Å².